The van der Waals surface area contributed by atoms with E-state index in [2.05, 4.69) is 10.3 Å². The van der Waals surface area contributed by atoms with E-state index in [-0.39, 0.29) is 30.3 Å². The Morgan fingerprint density at radius 3 is 2.69 bits per heavy atom. The van der Waals surface area contributed by atoms with Gasteiger partial charge in [0.15, 0.2) is 11.1 Å². The number of amides is 1. The van der Waals surface area contributed by atoms with E-state index < -0.39 is 0 Å². The van der Waals surface area contributed by atoms with Crippen molar-refractivity contribution in [1.29, 1.82) is 0 Å². The van der Waals surface area contributed by atoms with Crippen molar-refractivity contribution >= 4 is 41.6 Å². The van der Waals surface area contributed by atoms with E-state index in [9.17, 15) is 4.79 Å². The number of thiocarbonyl (C=S) groups is 1. The molecule has 0 aromatic carbocycles. The van der Waals surface area contributed by atoms with Gasteiger partial charge in [0.25, 0.3) is 5.91 Å². The Hall–Kier alpha value is -1.08. The summed E-state index contributed by atoms with van der Waals surface area (Å²) in [5.74, 6) is 0.0815. The number of rotatable bonds is 4. The predicted molar refractivity (Wildman–Crippen MR) is 69.5 cm³/mol. The maximum absolute atomic E-state index is 11.5. The molecule has 0 spiro atoms. The molecular weight excluding hydrogens is 250 g/mol. The Morgan fingerprint density at radius 2 is 2.25 bits per heavy atom. The molecule has 1 rings (SSSR count). The van der Waals surface area contributed by atoms with Gasteiger partial charge in [-0.3, -0.25) is 14.7 Å². The Labute approximate surface area is 106 Å². The van der Waals surface area contributed by atoms with Crippen molar-refractivity contribution in [3.63, 3.8) is 0 Å². The van der Waals surface area contributed by atoms with Gasteiger partial charge in [0.2, 0.25) is 0 Å². The van der Waals surface area contributed by atoms with E-state index in [1.165, 1.54) is 4.90 Å². The van der Waals surface area contributed by atoms with E-state index in [0.717, 1.165) is 6.42 Å². The van der Waals surface area contributed by atoms with Crippen LogP contribution >= 0.6 is 24.6 Å². The predicted octanol–water partition coefficient (Wildman–Crippen LogP) is -0.823. The van der Waals surface area contributed by atoms with Crippen LogP contribution in [0, 0.1) is 0 Å². The number of hydrogen-bond donors (Lipinski definition) is 3. The van der Waals surface area contributed by atoms with Gasteiger partial charge in [-0.2, -0.15) is 0 Å². The maximum atomic E-state index is 11.5. The summed E-state index contributed by atoms with van der Waals surface area (Å²) in [6, 6.07) is -0.225. The van der Waals surface area contributed by atoms with Crippen molar-refractivity contribution in [3.8, 4) is 0 Å². The molecule has 0 bridgehead atoms. The number of carbonyl (C=O) groups excluding carboxylic acids is 1. The minimum atomic E-state index is -0.225. The van der Waals surface area contributed by atoms with Crippen LogP contribution in [0.3, 0.4) is 0 Å². The van der Waals surface area contributed by atoms with Gasteiger partial charge < -0.3 is 16.8 Å². The third-order valence-corrected chi connectivity index (χ3v) is 2.57. The van der Waals surface area contributed by atoms with Gasteiger partial charge in [0.05, 0.1) is 0 Å². The zero-order valence-corrected chi connectivity index (χ0v) is 10.6. The second kappa shape index (κ2) is 6.49. The summed E-state index contributed by atoms with van der Waals surface area (Å²) < 4.78 is 0. The summed E-state index contributed by atoms with van der Waals surface area (Å²) in [4.78, 5) is 16.8. The van der Waals surface area contributed by atoms with Gasteiger partial charge in [-0.05, 0) is 25.1 Å². The van der Waals surface area contributed by atoms with Gasteiger partial charge in [0.1, 0.15) is 6.04 Å². The molecule has 0 saturated carbocycles. The van der Waals surface area contributed by atoms with Crippen molar-refractivity contribution in [3.05, 3.63) is 0 Å². The van der Waals surface area contributed by atoms with Crippen LogP contribution in [0.4, 0.5) is 0 Å². The molecule has 16 heavy (non-hydrogen) atoms. The molecule has 1 fully saturated rings. The number of halogens is 1. The van der Waals surface area contributed by atoms with E-state index in [1.54, 1.807) is 7.05 Å². The van der Waals surface area contributed by atoms with E-state index in [0.29, 0.717) is 18.1 Å². The number of aliphatic imine (C=N–C) groups is 1. The van der Waals surface area contributed by atoms with Crippen molar-refractivity contribution in [2.24, 2.45) is 16.5 Å². The van der Waals surface area contributed by atoms with Crippen LogP contribution in [0.5, 0.6) is 0 Å². The van der Waals surface area contributed by atoms with Gasteiger partial charge in [0, 0.05) is 13.6 Å². The molecule has 1 aliphatic heterocycles. The number of guanidine groups is 1. The SMILES string of the molecule is CN1C(=O)C(CCCN=C(N)N)NC1=S.Cl. The topological polar surface area (TPSA) is 96.7 Å². The van der Waals surface area contributed by atoms with Crippen molar-refractivity contribution in [1.82, 2.24) is 10.2 Å². The highest BCUT2D eigenvalue weighted by atomic mass is 35.5. The molecule has 0 aromatic heterocycles. The van der Waals surface area contributed by atoms with E-state index >= 15 is 0 Å². The first-order valence-electron chi connectivity index (χ1n) is 4.66. The molecule has 1 aliphatic rings. The Kier molecular flexibility index (Phi) is 6.05. The molecule has 8 heteroatoms. The molecule has 1 saturated heterocycles. The lowest BCUT2D eigenvalue weighted by Crippen LogP contribution is -2.29. The van der Waals surface area contributed by atoms with E-state index in [1.807, 2.05) is 0 Å². The highest BCUT2D eigenvalue weighted by Crippen LogP contribution is 2.09. The fourth-order valence-corrected chi connectivity index (χ4v) is 1.57. The molecule has 0 radical (unpaired) electrons. The Morgan fingerprint density at radius 1 is 1.62 bits per heavy atom. The summed E-state index contributed by atoms with van der Waals surface area (Å²) in [6.07, 6.45) is 1.43. The van der Waals surface area contributed by atoms with Crippen molar-refractivity contribution < 1.29 is 4.79 Å². The van der Waals surface area contributed by atoms with Crippen LogP contribution in [-0.2, 0) is 4.79 Å². The number of nitrogens with zero attached hydrogens (tertiary/aromatic N) is 2. The molecule has 5 N–H and O–H groups in total. The number of hydrogen-bond acceptors (Lipinski definition) is 3. The zero-order valence-electron chi connectivity index (χ0n) is 8.97. The number of likely N-dealkylation sites (N-methyl/N-ethyl adjacent to an activating group) is 1. The first-order valence-corrected chi connectivity index (χ1v) is 5.06. The third-order valence-electron chi connectivity index (χ3n) is 2.18. The lowest BCUT2D eigenvalue weighted by Gasteiger charge is -2.06. The molecule has 0 aliphatic carbocycles. The summed E-state index contributed by atoms with van der Waals surface area (Å²) >= 11 is 4.94. The van der Waals surface area contributed by atoms with Crippen LogP contribution in [0.25, 0.3) is 0 Å². The molecule has 0 aromatic rings. The molecule has 92 valence electrons. The standard InChI is InChI=1S/C8H15N5OS.ClH/c1-13-6(14)5(12-8(13)15)3-2-4-11-7(9)10;/h5H,2-4H2,1H3,(H,12,15)(H4,9,10,11);1H. The summed E-state index contributed by atoms with van der Waals surface area (Å²) in [5.41, 5.74) is 10.3. The van der Waals surface area contributed by atoms with Gasteiger partial charge in [-0.25, -0.2) is 0 Å². The highest BCUT2D eigenvalue weighted by molar-refractivity contribution is 7.80. The molecular formula is C8H16ClN5OS. The number of nitrogens with one attached hydrogen (secondary N) is 1. The largest absolute Gasteiger partial charge is 0.370 e. The Bertz CT molecular complexity index is 305. The number of nitrogens with two attached hydrogens (primary N) is 2. The lowest BCUT2D eigenvalue weighted by molar-refractivity contribution is -0.126. The van der Waals surface area contributed by atoms with Crippen LogP contribution in [-0.4, -0.2) is 41.5 Å². The fraction of sp³-hybridized carbons (Fsp3) is 0.625. The van der Waals surface area contributed by atoms with Crippen LogP contribution in [0.15, 0.2) is 4.99 Å². The third kappa shape index (κ3) is 3.82. The maximum Gasteiger partial charge on any atom is 0.251 e. The summed E-state index contributed by atoms with van der Waals surface area (Å²) in [7, 11) is 1.66. The van der Waals surface area contributed by atoms with Crippen molar-refractivity contribution in [2.75, 3.05) is 13.6 Å². The van der Waals surface area contributed by atoms with Crippen LogP contribution in [0.1, 0.15) is 12.8 Å². The normalized spacial score (nSPS) is 19.1. The molecule has 6 nitrogen and oxygen atoms in total. The first kappa shape index (κ1) is 14.9. The van der Waals surface area contributed by atoms with Gasteiger partial charge >= 0.3 is 0 Å². The molecule has 1 atom stereocenters. The lowest BCUT2D eigenvalue weighted by atomic mass is 10.1. The first-order chi connectivity index (χ1) is 7.02. The van der Waals surface area contributed by atoms with Crippen LogP contribution < -0.4 is 16.8 Å². The average Bonchev–Trinajstić information content (AvgIpc) is 2.41. The monoisotopic (exact) mass is 265 g/mol. The van der Waals surface area contributed by atoms with Crippen LogP contribution in [0.2, 0.25) is 0 Å². The zero-order chi connectivity index (χ0) is 11.4. The molecule has 1 amide bonds. The van der Waals surface area contributed by atoms with E-state index in [4.69, 9.17) is 23.7 Å². The Balaban J connectivity index is 0.00000225. The molecule has 1 heterocycles. The van der Waals surface area contributed by atoms with Crippen molar-refractivity contribution in [2.45, 2.75) is 18.9 Å². The summed E-state index contributed by atoms with van der Waals surface area (Å²) in [5, 5.41) is 3.42. The highest BCUT2D eigenvalue weighted by Gasteiger charge is 2.31. The average molecular weight is 266 g/mol. The minimum Gasteiger partial charge on any atom is -0.370 e. The minimum absolute atomic E-state index is 0. The smallest absolute Gasteiger partial charge is 0.251 e. The molecule has 1 unspecified atom stereocenters. The fourth-order valence-electron chi connectivity index (χ4n) is 1.34. The second-order valence-corrected chi connectivity index (χ2v) is 3.73. The summed E-state index contributed by atoms with van der Waals surface area (Å²) in [6.45, 7) is 0.532. The second-order valence-electron chi connectivity index (χ2n) is 3.35. The quantitative estimate of drug-likeness (QED) is 0.267. The number of carbonyl (C=O) groups is 1. The van der Waals surface area contributed by atoms with Gasteiger partial charge in [-0.1, -0.05) is 0 Å². The van der Waals surface area contributed by atoms with Gasteiger partial charge in [-0.15, -0.1) is 12.4 Å².